The number of ether oxygens (including phenoxy) is 1. The van der Waals surface area contributed by atoms with Crippen LogP contribution < -0.4 is 16.4 Å². The van der Waals surface area contributed by atoms with Crippen LogP contribution in [0.5, 0.6) is 0 Å². The Morgan fingerprint density at radius 1 is 1.11 bits per heavy atom. The molecule has 1 aromatic rings. The van der Waals surface area contributed by atoms with Gasteiger partial charge in [-0.2, -0.15) is 0 Å². The average molecular weight is 517 g/mol. The number of hydrogen-bond donors (Lipinski definition) is 3. The van der Waals surface area contributed by atoms with Crippen LogP contribution in [0.25, 0.3) is 0 Å². The van der Waals surface area contributed by atoms with Gasteiger partial charge in [0.05, 0.1) is 0 Å². The second-order valence-corrected chi connectivity index (χ2v) is 11.0. The number of rotatable bonds is 12. The van der Waals surface area contributed by atoms with Crippen LogP contribution in [0.1, 0.15) is 95.4 Å². The maximum Gasteiger partial charge on any atom is 0.408 e. The van der Waals surface area contributed by atoms with Gasteiger partial charge in [-0.3, -0.25) is 14.4 Å². The Hall–Kier alpha value is -3.10. The number of nitrogens with two attached hydrogens (primary N) is 1. The zero-order valence-corrected chi connectivity index (χ0v) is 23.2. The molecule has 9 nitrogen and oxygen atoms in total. The van der Waals surface area contributed by atoms with E-state index >= 15 is 0 Å². The first-order valence-corrected chi connectivity index (χ1v) is 13.3. The van der Waals surface area contributed by atoms with E-state index in [1.165, 1.54) is 0 Å². The summed E-state index contributed by atoms with van der Waals surface area (Å²) in [6.45, 7) is 11.6. The first-order valence-electron chi connectivity index (χ1n) is 13.3. The van der Waals surface area contributed by atoms with E-state index in [4.69, 9.17) is 10.5 Å². The fourth-order valence-electron chi connectivity index (χ4n) is 4.45. The molecular weight excluding hydrogens is 472 g/mol. The number of carbonyl (C=O) groups excluding carboxylic acids is 4. The number of primary amides is 1. The molecule has 0 spiro atoms. The summed E-state index contributed by atoms with van der Waals surface area (Å²) >= 11 is 0. The molecule has 0 heterocycles. The number of nitrogens with zero attached hydrogens (tertiary/aromatic N) is 1. The molecule has 0 aromatic heterocycles. The SMILES string of the molecule is CCCCNC(=O)C(c1cc(C)cc(C)c1)N(C(=O)C(CCC(N)=O)NC(=O)OC(C)(C)C)C1CCC1. The summed E-state index contributed by atoms with van der Waals surface area (Å²) in [6, 6.07) is 3.77. The summed E-state index contributed by atoms with van der Waals surface area (Å²) in [5, 5.41) is 5.64. The lowest BCUT2D eigenvalue weighted by molar-refractivity contribution is -0.147. The molecule has 206 valence electrons. The highest BCUT2D eigenvalue weighted by Crippen LogP contribution is 2.34. The van der Waals surface area contributed by atoms with Gasteiger partial charge in [0, 0.05) is 19.0 Å². The van der Waals surface area contributed by atoms with Gasteiger partial charge in [-0.05, 0) is 72.3 Å². The van der Waals surface area contributed by atoms with Crippen LogP contribution in [-0.4, -0.2) is 52.9 Å². The molecular formula is C28H44N4O5. The highest BCUT2D eigenvalue weighted by Gasteiger charge is 2.42. The van der Waals surface area contributed by atoms with Gasteiger partial charge < -0.3 is 26.0 Å². The standard InChI is InChI=1S/C28H44N4O5/c1-7-8-14-30-25(34)24(20-16-18(2)15-19(3)17-20)32(21-10-9-11-21)26(35)22(12-13-23(29)33)31-27(36)37-28(4,5)6/h15-17,21-22,24H,7-14H2,1-6H3,(H2,29,33)(H,30,34)(H,31,36). The van der Waals surface area contributed by atoms with Crippen LogP contribution in [0.15, 0.2) is 18.2 Å². The lowest BCUT2D eigenvalue weighted by Crippen LogP contribution is -2.57. The molecule has 37 heavy (non-hydrogen) atoms. The zero-order chi connectivity index (χ0) is 27.8. The maximum absolute atomic E-state index is 14.1. The van der Waals surface area contributed by atoms with Crippen LogP contribution in [-0.2, 0) is 19.1 Å². The Labute approximate surface area is 220 Å². The summed E-state index contributed by atoms with van der Waals surface area (Å²) in [5.41, 5.74) is 7.30. The predicted octanol–water partition coefficient (Wildman–Crippen LogP) is 3.80. The molecule has 1 aromatic carbocycles. The first-order chi connectivity index (χ1) is 17.3. The van der Waals surface area contributed by atoms with E-state index in [9.17, 15) is 19.2 Å². The van der Waals surface area contributed by atoms with Gasteiger partial charge in [0.15, 0.2) is 0 Å². The molecule has 2 rings (SSSR count). The Bertz CT molecular complexity index is 948. The zero-order valence-electron chi connectivity index (χ0n) is 23.2. The molecule has 4 N–H and O–H groups in total. The minimum Gasteiger partial charge on any atom is -0.444 e. The second kappa shape index (κ2) is 13.4. The molecule has 1 fully saturated rings. The number of unbranched alkanes of at least 4 members (excludes halogenated alkanes) is 1. The molecule has 9 heteroatoms. The monoisotopic (exact) mass is 516 g/mol. The number of aryl methyl sites for hydroxylation is 2. The van der Waals surface area contributed by atoms with E-state index in [2.05, 4.69) is 10.6 Å². The molecule has 1 aliphatic carbocycles. The van der Waals surface area contributed by atoms with E-state index in [1.807, 2.05) is 39.0 Å². The van der Waals surface area contributed by atoms with E-state index in [0.29, 0.717) is 6.54 Å². The van der Waals surface area contributed by atoms with E-state index in [1.54, 1.807) is 25.7 Å². The fourth-order valence-corrected chi connectivity index (χ4v) is 4.45. The Morgan fingerprint density at radius 3 is 2.22 bits per heavy atom. The summed E-state index contributed by atoms with van der Waals surface area (Å²) in [7, 11) is 0. The van der Waals surface area contributed by atoms with Crippen molar-refractivity contribution in [3.05, 3.63) is 34.9 Å². The molecule has 0 saturated heterocycles. The lowest BCUT2D eigenvalue weighted by Gasteiger charge is -2.43. The largest absolute Gasteiger partial charge is 0.444 e. The molecule has 4 amide bonds. The van der Waals surface area contributed by atoms with Gasteiger partial charge in [-0.1, -0.05) is 42.7 Å². The van der Waals surface area contributed by atoms with Crippen molar-refractivity contribution >= 4 is 23.8 Å². The Kier molecular flexibility index (Phi) is 10.9. The summed E-state index contributed by atoms with van der Waals surface area (Å²) in [4.78, 5) is 53.6. The molecule has 1 aliphatic rings. The average Bonchev–Trinajstić information content (AvgIpc) is 2.72. The molecule has 2 unspecified atom stereocenters. The number of benzene rings is 1. The van der Waals surface area contributed by atoms with Crippen molar-refractivity contribution in [1.82, 2.24) is 15.5 Å². The highest BCUT2D eigenvalue weighted by molar-refractivity contribution is 5.92. The second-order valence-electron chi connectivity index (χ2n) is 11.0. The number of hydrogen-bond acceptors (Lipinski definition) is 5. The van der Waals surface area contributed by atoms with Gasteiger partial charge in [0.1, 0.15) is 17.7 Å². The third-order valence-corrected chi connectivity index (χ3v) is 6.31. The molecule has 0 radical (unpaired) electrons. The Balaban J connectivity index is 2.50. The van der Waals surface area contributed by atoms with Gasteiger partial charge in [-0.25, -0.2) is 4.79 Å². The number of nitrogens with one attached hydrogen (secondary N) is 2. The number of amides is 4. The van der Waals surface area contributed by atoms with Crippen LogP contribution in [0, 0.1) is 13.8 Å². The summed E-state index contributed by atoms with van der Waals surface area (Å²) < 4.78 is 5.38. The minimum absolute atomic E-state index is 0.00759. The third-order valence-electron chi connectivity index (χ3n) is 6.31. The Morgan fingerprint density at radius 2 is 1.73 bits per heavy atom. The summed E-state index contributed by atoms with van der Waals surface area (Å²) in [5.74, 6) is -1.27. The van der Waals surface area contributed by atoms with E-state index in [-0.39, 0.29) is 24.8 Å². The van der Waals surface area contributed by atoms with Crippen LogP contribution >= 0.6 is 0 Å². The number of alkyl carbamates (subject to hydrolysis) is 1. The van der Waals surface area contributed by atoms with E-state index < -0.39 is 35.6 Å². The van der Waals surface area contributed by atoms with Crippen molar-refractivity contribution in [2.24, 2.45) is 5.73 Å². The highest BCUT2D eigenvalue weighted by atomic mass is 16.6. The lowest BCUT2D eigenvalue weighted by atomic mass is 9.87. The quantitative estimate of drug-likeness (QED) is 0.364. The van der Waals surface area contributed by atoms with Crippen molar-refractivity contribution < 1.29 is 23.9 Å². The summed E-state index contributed by atoms with van der Waals surface area (Å²) in [6.07, 6.45) is 3.35. The molecule has 1 saturated carbocycles. The maximum atomic E-state index is 14.1. The molecule has 2 atom stereocenters. The van der Waals surface area contributed by atoms with Gasteiger partial charge in [0.25, 0.3) is 0 Å². The minimum atomic E-state index is -1.07. The van der Waals surface area contributed by atoms with Crippen LogP contribution in [0.2, 0.25) is 0 Å². The predicted molar refractivity (Wildman–Crippen MR) is 143 cm³/mol. The van der Waals surface area contributed by atoms with Crippen molar-refractivity contribution in [3.63, 3.8) is 0 Å². The smallest absolute Gasteiger partial charge is 0.408 e. The van der Waals surface area contributed by atoms with Crippen molar-refractivity contribution in [2.75, 3.05) is 6.54 Å². The molecule has 0 aliphatic heterocycles. The topological polar surface area (TPSA) is 131 Å². The third kappa shape index (κ3) is 9.37. The van der Waals surface area contributed by atoms with Crippen LogP contribution in [0.3, 0.4) is 0 Å². The fraction of sp³-hybridized carbons (Fsp3) is 0.643. The van der Waals surface area contributed by atoms with Crippen molar-refractivity contribution in [1.29, 1.82) is 0 Å². The number of carbonyl (C=O) groups is 4. The molecule has 0 bridgehead atoms. The first kappa shape index (κ1) is 30.1. The van der Waals surface area contributed by atoms with Crippen LogP contribution in [0.4, 0.5) is 4.79 Å². The van der Waals surface area contributed by atoms with Gasteiger partial charge >= 0.3 is 6.09 Å². The van der Waals surface area contributed by atoms with Crippen molar-refractivity contribution in [2.45, 2.75) is 110 Å². The van der Waals surface area contributed by atoms with E-state index in [0.717, 1.165) is 48.8 Å². The van der Waals surface area contributed by atoms with Gasteiger partial charge in [-0.15, -0.1) is 0 Å². The van der Waals surface area contributed by atoms with Crippen molar-refractivity contribution in [3.8, 4) is 0 Å². The normalized spacial score (nSPS) is 15.2. The van der Waals surface area contributed by atoms with Gasteiger partial charge in [0.2, 0.25) is 17.7 Å².